The maximum atomic E-state index is 5.54. The SMILES string of the molecule is c1cc2c(cc1CCNCCCC1CCCC1)CCO2. The third kappa shape index (κ3) is 3.76. The molecule has 0 unspecified atom stereocenters. The summed E-state index contributed by atoms with van der Waals surface area (Å²) in [5, 5.41) is 3.59. The molecule has 0 aromatic heterocycles. The lowest BCUT2D eigenvalue weighted by Gasteiger charge is -2.09. The Hall–Kier alpha value is -1.02. The summed E-state index contributed by atoms with van der Waals surface area (Å²) in [7, 11) is 0. The van der Waals surface area contributed by atoms with Crippen LogP contribution in [-0.4, -0.2) is 19.7 Å². The number of fused-ring (bicyclic) bond motifs is 1. The van der Waals surface area contributed by atoms with Gasteiger partial charge in [0.1, 0.15) is 5.75 Å². The molecule has 2 nitrogen and oxygen atoms in total. The van der Waals surface area contributed by atoms with E-state index in [1.165, 1.54) is 56.2 Å². The van der Waals surface area contributed by atoms with Crippen molar-refractivity contribution in [1.29, 1.82) is 0 Å². The van der Waals surface area contributed by atoms with Crippen LogP contribution in [0.5, 0.6) is 5.75 Å². The lowest BCUT2D eigenvalue weighted by Crippen LogP contribution is -2.19. The first kappa shape index (κ1) is 13.9. The van der Waals surface area contributed by atoms with Crippen molar-refractivity contribution in [1.82, 2.24) is 5.32 Å². The molecule has 2 aliphatic rings. The molecule has 0 saturated heterocycles. The van der Waals surface area contributed by atoms with Gasteiger partial charge in [0.25, 0.3) is 0 Å². The van der Waals surface area contributed by atoms with Crippen LogP contribution in [0.1, 0.15) is 49.7 Å². The quantitative estimate of drug-likeness (QED) is 0.764. The Balaban J connectivity index is 1.29. The van der Waals surface area contributed by atoms with Crippen LogP contribution in [-0.2, 0) is 12.8 Å². The van der Waals surface area contributed by atoms with Gasteiger partial charge in [-0.15, -0.1) is 0 Å². The summed E-state index contributed by atoms with van der Waals surface area (Å²) in [4.78, 5) is 0. The molecule has 1 fully saturated rings. The summed E-state index contributed by atoms with van der Waals surface area (Å²) in [6.07, 6.45) is 10.9. The van der Waals surface area contributed by atoms with Gasteiger partial charge in [0.05, 0.1) is 6.61 Å². The minimum Gasteiger partial charge on any atom is -0.493 e. The fourth-order valence-electron chi connectivity index (χ4n) is 3.57. The highest BCUT2D eigenvalue weighted by Crippen LogP contribution is 2.28. The molecule has 1 saturated carbocycles. The molecule has 2 heteroatoms. The fraction of sp³-hybridized carbons (Fsp3) is 0.667. The second-order valence-electron chi connectivity index (χ2n) is 6.33. The van der Waals surface area contributed by atoms with Crippen molar-refractivity contribution in [3.8, 4) is 5.75 Å². The van der Waals surface area contributed by atoms with Crippen molar-refractivity contribution in [2.24, 2.45) is 5.92 Å². The van der Waals surface area contributed by atoms with Gasteiger partial charge in [0.15, 0.2) is 0 Å². The standard InChI is InChI=1S/C18H27NO/c1-2-5-15(4-1)6-3-11-19-12-9-16-7-8-18-17(14-16)10-13-20-18/h7-8,14-15,19H,1-6,9-13H2. The van der Waals surface area contributed by atoms with Crippen molar-refractivity contribution in [3.05, 3.63) is 29.3 Å². The van der Waals surface area contributed by atoms with E-state index in [9.17, 15) is 0 Å². The number of rotatable bonds is 7. The molecule has 0 atom stereocenters. The van der Waals surface area contributed by atoms with Crippen molar-refractivity contribution in [2.75, 3.05) is 19.7 Å². The van der Waals surface area contributed by atoms with Gasteiger partial charge >= 0.3 is 0 Å². The van der Waals surface area contributed by atoms with Crippen LogP contribution in [0.3, 0.4) is 0 Å². The summed E-state index contributed by atoms with van der Waals surface area (Å²) < 4.78 is 5.54. The maximum Gasteiger partial charge on any atom is 0.122 e. The Labute approximate surface area is 122 Å². The van der Waals surface area contributed by atoms with Crippen molar-refractivity contribution in [2.45, 2.75) is 51.4 Å². The predicted octanol–water partition coefficient (Wildman–Crippen LogP) is 3.72. The molecule has 0 spiro atoms. The van der Waals surface area contributed by atoms with Crippen LogP contribution >= 0.6 is 0 Å². The molecule has 20 heavy (non-hydrogen) atoms. The topological polar surface area (TPSA) is 21.3 Å². The maximum absolute atomic E-state index is 5.54. The smallest absolute Gasteiger partial charge is 0.122 e. The summed E-state index contributed by atoms with van der Waals surface area (Å²) in [6.45, 7) is 3.15. The van der Waals surface area contributed by atoms with E-state index in [1.54, 1.807) is 0 Å². The average Bonchev–Trinajstić information content (AvgIpc) is 3.13. The van der Waals surface area contributed by atoms with Crippen molar-refractivity contribution < 1.29 is 4.74 Å². The number of benzene rings is 1. The molecule has 1 N–H and O–H groups in total. The minimum atomic E-state index is 0.859. The second kappa shape index (κ2) is 7.12. The number of hydrogen-bond acceptors (Lipinski definition) is 2. The van der Waals surface area contributed by atoms with Crippen LogP contribution in [0, 0.1) is 5.92 Å². The van der Waals surface area contributed by atoms with E-state index in [0.29, 0.717) is 0 Å². The molecule has 1 aliphatic carbocycles. The van der Waals surface area contributed by atoms with Gasteiger partial charge in [0.2, 0.25) is 0 Å². The first-order valence-corrected chi connectivity index (χ1v) is 8.37. The zero-order valence-corrected chi connectivity index (χ0v) is 12.5. The van der Waals surface area contributed by atoms with Crippen LogP contribution in [0.4, 0.5) is 0 Å². The van der Waals surface area contributed by atoms with Crippen LogP contribution in [0.25, 0.3) is 0 Å². The molecule has 1 aromatic rings. The summed E-state index contributed by atoms with van der Waals surface area (Å²) >= 11 is 0. The highest BCUT2D eigenvalue weighted by molar-refractivity contribution is 5.39. The normalized spacial score (nSPS) is 18.2. The first-order valence-electron chi connectivity index (χ1n) is 8.37. The molecule has 110 valence electrons. The highest BCUT2D eigenvalue weighted by atomic mass is 16.5. The average molecular weight is 273 g/mol. The van der Waals surface area contributed by atoms with E-state index in [4.69, 9.17) is 4.74 Å². The lowest BCUT2D eigenvalue weighted by molar-refractivity contribution is 0.357. The van der Waals surface area contributed by atoms with E-state index >= 15 is 0 Å². The van der Waals surface area contributed by atoms with E-state index < -0.39 is 0 Å². The molecule has 0 radical (unpaired) electrons. The van der Waals surface area contributed by atoms with Gasteiger partial charge in [-0.05, 0) is 55.5 Å². The molecule has 1 aliphatic heterocycles. The van der Waals surface area contributed by atoms with Gasteiger partial charge in [-0.25, -0.2) is 0 Å². The molecule has 0 amide bonds. The zero-order valence-electron chi connectivity index (χ0n) is 12.5. The second-order valence-corrected chi connectivity index (χ2v) is 6.33. The first-order chi connectivity index (χ1) is 9.92. The summed E-state index contributed by atoms with van der Waals surface area (Å²) in [6, 6.07) is 6.67. The predicted molar refractivity (Wildman–Crippen MR) is 83.4 cm³/mol. The van der Waals surface area contributed by atoms with Gasteiger partial charge in [-0.1, -0.05) is 37.8 Å². The van der Waals surface area contributed by atoms with Gasteiger partial charge in [-0.3, -0.25) is 0 Å². The summed E-state index contributed by atoms with van der Waals surface area (Å²) in [5.41, 5.74) is 2.83. The third-order valence-corrected chi connectivity index (χ3v) is 4.78. The lowest BCUT2D eigenvalue weighted by atomic mass is 10.0. The van der Waals surface area contributed by atoms with E-state index in [2.05, 4.69) is 23.5 Å². The highest BCUT2D eigenvalue weighted by Gasteiger charge is 2.14. The van der Waals surface area contributed by atoms with Crippen LogP contribution in [0.15, 0.2) is 18.2 Å². The van der Waals surface area contributed by atoms with Crippen LogP contribution < -0.4 is 10.1 Å². The number of ether oxygens (including phenoxy) is 1. The molecule has 1 aromatic carbocycles. The number of hydrogen-bond donors (Lipinski definition) is 1. The molecule has 0 bridgehead atoms. The van der Waals surface area contributed by atoms with E-state index in [-0.39, 0.29) is 0 Å². The van der Waals surface area contributed by atoms with E-state index in [1.807, 2.05) is 0 Å². The molecular formula is C18H27NO. The Morgan fingerprint density at radius 2 is 2.05 bits per heavy atom. The van der Waals surface area contributed by atoms with Crippen molar-refractivity contribution in [3.63, 3.8) is 0 Å². The Kier molecular flexibility index (Phi) is 4.96. The van der Waals surface area contributed by atoms with E-state index in [0.717, 1.165) is 37.7 Å². The Morgan fingerprint density at radius 3 is 2.95 bits per heavy atom. The van der Waals surface area contributed by atoms with Gasteiger partial charge in [0, 0.05) is 6.42 Å². The fourth-order valence-corrected chi connectivity index (χ4v) is 3.57. The third-order valence-electron chi connectivity index (χ3n) is 4.78. The molecule has 3 rings (SSSR count). The minimum absolute atomic E-state index is 0.859. The van der Waals surface area contributed by atoms with Crippen LogP contribution in [0.2, 0.25) is 0 Å². The number of nitrogens with one attached hydrogen (secondary N) is 1. The largest absolute Gasteiger partial charge is 0.493 e. The Morgan fingerprint density at radius 1 is 1.15 bits per heavy atom. The molecule has 1 heterocycles. The van der Waals surface area contributed by atoms with Gasteiger partial charge in [-0.2, -0.15) is 0 Å². The Bertz CT molecular complexity index is 423. The monoisotopic (exact) mass is 273 g/mol. The molecular weight excluding hydrogens is 246 g/mol. The summed E-state index contributed by atoms with van der Waals surface area (Å²) in [5.74, 6) is 2.13. The zero-order chi connectivity index (χ0) is 13.6. The van der Waals surface area contributed by atoms with Gasteiger partial charge < -0.3 is 10.1 Å². The van der Waals surface area contributed by atoms with Crippen molar-refractivity contribution >= 4 is 0 Å².